The molecule has 0 aliphatic heterocycles. The molecule has 0 bridgehead atoms. The highest BCUT2D eigenvalue weighted by Crippen LogP contribution is 2.34. The SMILES string of the molecule is CC(=CCOc1c(C)cc(Br)cc1[N+](=O)[O-])C(=O)O. The van der Waals surface area contributed by atoms with Gasteiger partial charge >= 0.3 is 11.7 Å². The van der Waals surface area contributed by atoms with Crippen molar-refractivity contribution in [3.8, 4) is 5.75 Å². The van der Waals surface area contributed by atoms with Gasteiger partial charge in [-0.2, -0.15) is 0 Å². The van der Waals surface area contributed by atoms with Gasteiger partial charge in [-0.1, -0.05) is 15.9 Å². The van der Waals surface area contributed by atoms with E-state index >= 15 is 0 Å². The van der Waals surface area contributed by atoms with Gasteiger partial charge in [-0.05, 0) is 31.6 Å². The van der Waals surface area contributed by atoms with Crippen molar-refractivity contribution in [1.29, 1.82) is 0 Å². The normalized spacial score (nSPS) is 11.2. The third-order valence-corrected chi connectivity index (χ3v) is 2.83. The summed E-state index contributed by atoms with van der Waals surface area (Å²) < 4.78 is 5.89. The summed E-state index contributed by atoms with van der Waals surface area (Å²) in [6, 6.07) is 3.03. The number of aryl methyl sites for hydroxylation is 1. The first kappa shape index (κ1) is 15.2. The Morgan fingerprint density at radius 1 is 1.58 bits per heavy atom. The molecule has 1 aromatic carbocycles. The van der Waals surface area contributed by atoms with Crippen LogP contribution in [0.2, 0.25) is 0 Å². The number of halogens is 1. The van der Waals surface area contributed by atoms with Gasteiger partial charge in [-0.25, -0.2) is 4.79 Å². The molecule has 0 spiro atoms. The maximum Gasteiger partial charge on any atom is 0.331 e. The Labute approximate surface area is 118 Å². The summed E-state index contributed by atoms with van der Waals surface area (Å²) in [6.07, 6.45) is 1.35. The highest BCUT2D eigenvalue weighted by atomic mass is 79.9. The second-order valence-electron chi connectivity index (χ2n) is 3.83. The first-order valence-electron chi connectivity index (χ1n) is 5.30. The maximum atomic E-state index is 10.9. The molecule has 6 nitrogen and oxygen atoms in total. The largest absolute Gasteiger partial charge is 0.482 e. The van der Waals surface area contributed by atoms with Crippen molar-refractivity contribution in [3.05, 3.63) is 43.9 Å². The number of hydrogen-bond donors (Lipinski definition) is 1. The first-order chi connectivity index (χ1) is 8.82. The fourth-order valence-corrected chi connectivity index (χ4v) is 1.93. The Morgan fingerprint density at radius 2 is 2.21 bits per heavy atom. The van der Waals surface area contributed by atoms with Gasteiger partial charge < -0.3 is 9.84 Å². The molecule has 0 aromatic heterocycles. The van der Waals surface area contributed by atoms with Gasteiger partial charge in [0, 0.05) is 16.1 Å². The van der Waals surface area contributed by atoms with Crippen LogP contribution in [0.25, 0.3) is 0 Å². The third kappa shape index (κ3) is 4.06. The molecule has 7 heteroatoms. The molecule has 1 N–H and O–H groups in total. The van der Waals surface area contributed by atoms with E-state index in [0.29, 0.717) is 10.0 Å². The predicted molar refractivity (Wildman–Crippen MR) is 72.4 cm³/mol. The van der Waals surface area contributed by atoms with Crippen molar-refractivity contribution in [2.75, 3.05) is 6.61 Å². The van der Waals surface area contributed by atoms with Gasteiger partial charge in [-0.15, -0.1) is 0 Å². The van der Waals surface area contributed by atoms with E-state index in [1.54, 1.807) is 13.0 Å². The molecule has 0 fully saturated rings. The number of hydrogen-bond acceptors (Lipinski definition) is 4. The fourth-order valence-electron chi connectivity index (χ4n) is 1.37. The summed E-state index contributed by atoms with van der Waals surface area (Å²) >= 11 is 3.18. The van der Waals surface area contributed by atoms with Crippen LogP contribution in [0.4, 0.5) is 5.69 Å². The number of carboxylic acid groups (broad SMARTS) is 1. The number of carbonyl (C=O) groups is 1. The summed E-state index contributed by atoms with van der Waals surface area (Å²) in [4.78, 5) is 21.0. The zero-order valence-electron chi connectivity index (χ0n) is 10.3. The van der Waals surface area contributed by atoms with E-state index in [1.807, 2.05) is 0 Å². The molecule has 0 saturated carbocycles. The Morgan fingerprint density at radius 3 is 2.74 bits per heavy atom. The summed E-state index contributed by atoms with van der Waals surface area (Å²) in [7, 11) is 0. The quantitative estimate of drug-likeness (QED) is 0.509. The summed E-state index contributed by atoms with van der Waals surface area (Å²) in [5, 5.41) is 19.6. The summed E-state index contributed by atoms with van der Waals surface area (Å²) in [5.41, 5.74) is 0.563. The molecule has 0 aliphatic carbocycles. The monoisotopic (exact) mass is 329 g/mol. The number of benzene rings is 1. The average molecular weight is 330 g/mol. The molecule has 0 aliphatic rings. The molecule has 0 heterocycles. The van der Waals surface area contributed by atoms with Crippen molar-refractivity contribution < 1.29 is 19.6 Å². The Hall–Kier alpha value is -1.89. The standard InChI is InChI=1S/C12H12BrNO5/c1-7(12(15)16)3-4-19-11-8(2)5-9(13)6-10(11)14(17)18/h3,5-6H,4H2,1-2H3,(H,15,16). The summed E-state index contributed by atoms with van der Waals surface area (Å²) in [5.74, 6) is -0.909. The van der Waals surface area contributed by atoms with Gasteiger partial charge in [0.1, 0.15) is 6.61 Å². The molecular formula is C12H12BrNO5. The number of carboxylic acids is 1. The van der Waals surface area contributed by atoms with Gasteiger partial charge in [0.05, 0.1) is 4.92 Å². The number of nitrogens with zero attached hydrogens (tertiary/aromatic N) is 1. The molecular weight excluding hydrogens is 318 g/mol. The lowest BCUT2D eigenvalue weighted by molar-refractivity contribution is -0.385. The molecule has 0 atom stereocenters. The van der Waals surface area contributed by atoms with Crippen molar-refractivity contribution in [2.24, 2.45) is 0 Å². The minimum Gasteiger partial charge on any atom is -0.482 e. The van der Waals surface area contributed by atoms with Crippen LogP contribution in [-0.2, 0) is 4.79 Å². The third-order valence-electron chi connectivity index (χ3n) is 2.37. The van der Waals surface area contributed by atoms with Crippen molar-refractivity contribution in [2.45, 2.75) is 13.8 Å². The smallest absolute Gasteiger partial charge is 0.331 e. The van der Waals surface area contributed by atoms with E-state index in [9.17, 15) is 14.9 Å². The van der Waals surface area contributed by atoms with Gasteiger partial charge in [0.25, 0.3) is 0 Å². The molecule has 1 rings (SSSR count). The zero-order valence-corrected chi connectivity index (χ0v) is 11.9. The highest BCUT2D eigenvalue weighted by molar-refractivity contribution is 9.10. The van der Waals surface area contributed by atoms with Crippen LogP contribution in [0, 0.1) is 17.0 Å². The Bertz CT molecular complexity index is 553. The molecule has 0 amide bonds. The lowest BCUT2D eigenvalue weighted by Crippen LogP contribution is -2.03. The van der Waals surface area contributed by atoms with Crippen LogP contribution in [0.1, 0.15) is 12.5 Å². The molecule has 102 valence electrons. The minimum absolute atomic E-state index is 0.0402. The Kier molecular flexibility index (Phi) is 5.05. The predicted octanol–water partition coefficient (Wildman–Crippen LogP) is 3.08. The van der Waals surface area contributed by atoms with E-state index in [0.717, 1.165) is 0 Å². The van der Waals surface area contributed by atoms with E-state index in [-0.39, 0.29) is 23.6 Å². The second-order valence-corrected chi connectivity index (χ2v) is 4.75. The van der Waals surface area contributed by atoms with Crippen molar-refractivity contribution in [1.82, 2.24) is 0 Å². The molecule has 0 unspecified atom stereocenters. The average Bonchev–Trinajstić information content (AvgIpc) is 2.30. The maximum absolute atomic E-state index is 10.9. The number of aliphatic carboxylic acids is 1. The van der Waals surface area contributed by atoms with Crippen LogP contribution in [-0.4, -0.2) is 22.6 Å². The van der Waals surface area contributed by atoms with Crippen LogP contribution in [0.15, 0.2) is 28.3 Å². The van der Waals surface area contributed by atoms with E-state index in [1.165, 1.54) is 19.1 Å². The summed E-state index contributed by atoms with van der Waals surface area (Å²) in [6.45, 7) is 3.07. The lowest BCUT2D eigenvalue weighted by atomic mass is 10.2. The topological polar surface area (TPSA) is 89.7 Å². The molecule has 1 aromatic rings. The van der Waals surface area contributed by atoms with Gasteiger partial charge in [0.15, 0.2) is 5.75 Å². The second kappa shape index (κ2) is 6.33. The van der Waals surface area contributed by atoms with Crippen LogP contribution in [0.3, 0.4) is 0 Å². The molecule has 0 saturated heterocycles. The Balaban J connectivity index is 2.98. The zero-order chi connectivity index (χ0) is 14.6. The van der Waals surface area contributed by atoms with Gasteiger partial charge in [-0.3, -0.25) is 10.1 Å². The number of nitro benzene ring substituents is 1. The fraction of sp³-hybridized carbons (Fsp3) is 0.250. The molecule has 0 radical (unpaired) electrons. The number of nitro groups is 1. The van der Waals surface area contributed by atoms with E-state index < -0.39 is 10.9 Å². The van der Waals surface area contributed by atoms with Gasteiger partial charge in [0.2, 0.25) is 0 Å². The van der Waals surface area contributed by atoms with Crippen LogP contribution >= 0.6 is 15.9 Å². The first-order valence-corrected chi connectivity index (χ1v) is 6.09. The van der Waals surface area contributed by atoms with Crippen LogP contribution in [0.5, 0.6) is 5.75 Å². The number of ether oxygens (including phenoxy) is 1. The molecule has 19 heavy (non-hydrogen) atoms. The number of rotatable bonds is 5. The van der Waals surface area contributed by atoms with Crippen molar-refractivity contribution in [3.63, 3.8) is 0 Å². The van der Waals surface area contributed by atoms with E-state index in [4.69, 9.17) is 9.84 Å². The van der Waals surface area contributed by atoms with Crippen molar-refractivity contribution >= 4 is 27.6 Å². The highest BCUT2D eigenvalue weighted by Gasteiger charge is 2.18. The van der Waals surface area contributed by atoms with Crippen LogP contribution < -0.4 is 4.74 Å². The lowest BCUT2D eigenvalue weighted by Gasteiger charge is -2.08. The van der Waals surface area contributed by atoms with E-state index in [2.05, 4.69) is 15.9 Å². The minimum atomic E-state index is -1.05.